The van der Waals surface area contributed by atoms with E-state index >= 15 is 0 Å². The summed E-state index contributed by atoms with van der Waals surface area (Å²) in [6.07, 6.45) is 0.933. The Morgan fingerprint density at radius 3 is 2.93 bits per heavy atom. The molecule has 0 aliphatic heterocycles. The Hall–Kier alpha value is -1.51. The summed E-state index contributed by atoms with van der Waals surface area (Å²) in [5.41, 5.74) is 0.459. The Balaban J connectivity index is 2.73. The predicted octanol–water partition coefficient (Wildman–Crippen LogP) is 2.06. The number of rotatable bonds is 4. The van der Waals surface area contributed by atoms with Crippen LogP contribution in [-0.2, 0) is 4.74 Å². The molecule has 0 aliphatic carbocycles. The first-order valence-electron chi connectivity index (χ1n) is 4.50. The molecule has 0 fully saturated rings. The highest BCUT2D eigenvalue weighted by Gasteiger charge is 2.05. The molecule has 1 rings (SSSR count). The van der Waals surface area contributed by atoms with E-state index in [0.717, 1.165) is 6.42 Å². The maximum atomic E-state index is 11.1. The SMILES string of the molecule is CCCOc1c[c]cc(C(=O)OC)c1. The molecule has 3 heteroatoms. The van der Waals surface area contributed by atoms with Crippen molar-refractivity contribution in [2.75, 3.05) is 13.7 Å². The van der Waals surface area contributed by atoms with Crippen molar-refractivity contribution in [1.82, 2.24) is 0 Å². The summed E-state index contributed by atoms with van der Waals surface area (Å²) < 4.78 is 9.93. The number of carbonyl (C=O) groups excluding carboxylic acids is 1. The molecular weight excluding hydrogens is 180 g/mol. The molecule has 0 aromatic heterocycles. The van der Waals surface area contributed by atoms with Crippen LogP contribution in [0.15, 0.2) is 18.2 Å². The molecule has 3 nitrogen and oxygen atoms in total. The van der Waals surface area contributed by atoms with Gasteiger partial charge >= 0.3 is 5.97 Å². The molecule has 0 N–H and O–H groups in total. The second kappa shape index (κ2) is 5.27. The van der Waals surface area contributed by atoms with Crippen LogP contribution in [0.3, 0.4) is 0 Å². The predicted molar refractivity (Wildman–Crippen MR) is 52.4 cm³/mol. The van der Waals surface area contributed by atoms with E-state index < -0.39 is 0 Å². The molecule has 14 heavy (non-hydrogen) atoms. The van der Waals surface area contributed by atoms with E-state index in [9.17, 15) is 4.79 Å². The van der Waals surface area contributed by atoms with Crippen molar-refractivity contribution < 1.29 is 14.3 Å². The van der Waals surface area contributed by atoms with Gasteiger partial charge in [-0.3, -0.25) is 0 Å². The Morgan fingerprint density at radius 1 is 1.50 bits per heavy atom. The number of hydrogen-bond acceptors (Lipinski definition) is 3. The highest BCUT2D eigenvalue weighted by Crippen LogP contribution is 2.13. The number of ether oxygens (including phenoxy) is 2. The smallest absolute Gasteiger partial charge is 0.338 e. The first kappa shape index (κ1) is 10.6. The fourth-order valence-corrected chi connectivity index (χ4v) is 0.989. The fraction of sp³-hybridized carbons (Fsp3) is 0.364. The third-order valence-corrected chi connectivity index (χ3v) is 1.66. The lowest BCUT2D eigenvalue weighted by Gasteiger charge is -2.05. The molecule has 0 bridgehead atoms. The largest absolute Gasteiger partial charge is 0.494 e. The van der Waals surface area contributed by atoms with Crippen molar-refractivity contribution in [1.29, 1.82) is 0 Å². The molecule has 0 unspecified atom stereocenters. The summed E-state index contributed by atoms with van der Waals surface area (Å²) in [4.78, 5) is 11.1. The molecule has 0 heterocycles. The number of esters is 1. The van der Waals surface area contributed by atoms with E-state index in [-0.39, 0.29) is 5.97 Å². The maximum Gasteiger partial charge on any atom is 0.338 e. The van der Waals surface area contributed by atoms with Gasteiger partial charge in [0.15, 0.2) is 0 Å². The number of methoxy groups -OCH3 is 1. The van der Waals surface area contributed by atoms with Gasteiger partial charge in [0.1, 0.15) is 5.75 Å². The van der Waals surface area contributed by atoms with E-state index in [4.69, 9.17) is 4.74 Å². The van der Waals surface area contributed by atoms with E-state index in [1.165, 1.54) is 7.11 Å². The monoisotopic (exact) mass is 193 g/mol. The van der Waals surface area contributed by atoms with Crippen molar-refractivity contribution in [3.8, 4) is 5.75 Å². The minimum atomic E-state index is -0.372. The summed E-state index contributed by atoms with van der Waals surface area (Å²) in [5, 5.41) is 0. The molecule has 1 aromatic carbocycles. The zero-order valence-corrected chi connectivity index (χ0v) is 8.37. The second-order valence-corrected chi connectivity index (χ2v) is 2.80. The van der Waals surface area contributed by atoms with Crippen LogP contribution in [-0.4, -0.2) is 19.7 Å². The minimum Gasteiger partial charge on any atom is -0.494 e. The van der Waals surface area contributed by atoms with Crippen LogP contribution in [0.25, 0.3) is 0 Å². The lowest BCUT2D eigenvalue weighted by Crippen LogP contribution is -2.02. The zero-order valence-electron chi connectivity index (χ0n) is 8.37. The molecule has 0 aliphatic rings. The molecule has 0 saturated carbocycles. The van der Waals surface area contributed by atoms with Gasteiger partial charge in [0.25, 0.3) is 0 Å². The van der Waals surface area contributed by atoms with Crippen LogP contribution in [0.1, 0.15) is 23.7 Å². The van der Waals surface area contributed by atoms with Gasteiger partial charge in [-0.2, -0.15) is 0 Å². The van der Waals surface area contributed by atoms with Gasteiger partial charge in [0.2, 0.25) is 0 Å². The summed E-state index contributed by atoms with van der Waals surface area (Å²) in [6.45, 7) is 2.66. The van der Waals surface area contributed by atoms with Crippen LogP contribution in [0.5, 0.6) is 5.75 Å². The first-order valence-corrected chi connectivity index (χ1v) is 4.50. The first-order chi connectivity index (χ1) is 6.77. The highest BCUT2D eigenvalue weighted by atomic mass is 16.5. The van der Waals surface area contributed by atoms with Gasteiger partial charge in [-0.25, -0.2) is 4.79 Å². The Labute approximate surface area is 83.6 Å². The van der Waals surface area contributed by atoms with E-state index in [0.29, 0.717) is 17.9 Å². The Morgan fingerprint density at radius 2 is 2.29 bits per heavy atom. The third-order valence-electron chi connectivity index (χ3n) is 1.66. The van der Waals surface area contributed by atoms with Crippen LogP contribution in [0, 0.1) is 6.07 Å². The van der Waals surface area contributed by atoms with Crippen molar-refractivity contribution in [3.05, 3.63) is 29.8 Å². The van der Waals surface area contributed by atoms with Gasteiger partial charge in [-0.1, -0.05) is 6.92 Å². The fourth-order valence-electron chi connectivity index (χ4n) is 0.989. The van der Waals surface area contributed by atoms with Crippen LogP contribution < -0.4 is 4.74 Å². The van der Waals surface area contributed by atoms with E-state index in [1.54, 1.807) is 18.2 Å². The standard InChI is InChI=1S/C11H13O3/c1-3-7-14-10-6-4-5-9(8-10)11(12)13-2/h5-6,8H,3,7H2,1-2H3. The number of benzene rings is 1. The molecule has 0 atom stereocenters. The number of carbonyl (C=O) groups is 1. The van der Waals surface area contributed by atoms with Crippen molar-refractivity contribution in [2.24, 2.45) is 0 Å². The molecule has 1 radical (unpaired) electrons. The number of hydrogen-bond donors (Lipinski definition) is 0. The molecule has 0 spiro atoms. The van der Waals surface area contributed by atoms with E-state index in [2.05, 4.69) is 10.8 Å². The molecule has 0 saturated heterocycles. The van der Waals surface area contributed by atoms with Crippen molar-refractivity contribution in [2.45, 2.75) is 13.3 Å². The average molecular weight is 193 g/mol. The lowest BCUT2D eigenvalue weighted by atomic mass is 10.2. The summed E-state index contributed by atoms with van der Waals surface area (Å²) >= 11 is 0. The van der Waals surface area contributed by atoms with Crippen LogP contribution in [0.2, 0.25) is 0 Å². The minimum absolute atomic E-state index is 0.372. The third kappa shape index (κ3) is 2.76. The molecular formula is C11H13O3. The maximum absolute atomic E-state index is 11.1. The second-order valence-electron chi connectivity index (χ2n) is 2.80. The normalized spacial score (nSPS) is 9.57. The zero-order chi connectivity index (χ0) is 10.4. The molecule has 1 aromatic rings. The topological polar surface area (TPSA) is 35.5 Å². The lowest BCUT2D eigenvalue weighted by molar-refractivity contribution is 0.0600. The summed E-state index contributed by atoms with van der Waals surface area (Å²) in [5.74, 6) is 0.276. The Bertz CT molecular complexity index is 307. The van der Waals surface area contributed by atoms with Crippen LogP contribution >= 0.6 is 0 Å². The van der Waals surface area contributed by atoms with Gasteiger partial charge in [-0.15, -0.1) is 0 Å². The van der Waals surface area contributed by atoms with E-state index in [1.807, 2.05) is 6.92 Å². The van der Waals surface area contributed by atoms with Gasteiger partial charge in [0.05, 0.1) is 19.3 Å². The van der Waals surface area contributed by atoms with Crippen LogP contribution in [0.4, 0.5) is 0 Å². The Kier molecular flexibility index (Phi) is 3.98. The van der Waals surface area contributed by atoms with Gasteiger partial charge in [0, 0.05) is 0 Å². The van der Waals surface area contributed by atoms with Gasteiger partial charge in [-0.05, 0) is 30.7 Å². The summed E-state index contributed by atoms with van der Waals surface area (Å²) in [6, 6.07) is 7.75. The highest BCUT2D eigenvalue weighted by molar-refractivity contribution is 5.89. The van der Waals surface area contributed by atoms with Crippen molar-refractivity contribution >= 4 is 5.97 Å². The molecule has 0 amide bonds. The summed E-state index contributed by atoms with van der Waals surface area (Å²) in [7, 11) is 1.35. The van der Waals surface area contributed by atoms with Gasteiger partial charge < -0.3 is 9.47 Å². The molecule has 75 valence electrons. The van der Waals surface area contributed by atoms with Crippen molar-refractivity contribution in [3.63, 3.8) is 0 Å². The average Bonchev–Trinajstić information content (AvgIpc) is 2.25. The quantitative estimate of drug-likeness (QED) is 0.686.